The molecular weight excluding hydrogens is 444 g/mol. The van der Waals surface area contributed by atoms with Crippen LogP contribution in [0.3, 0.4) is 0 Å². The van der Waals surface area contributed by atoms with Crippen LogP contribution in [0.2, 0.25) is 5.15 Å². The Labute approximate surface area is 195 Å². The molecule has 2 N–H and O–H groups in total. The molecule has 2 atom stereocenters. The molecule has 4 heterocycles. The molecule has 1 aliphatic heterocycles. The Morgan fingerprint density at radius 3 is 2.97 bits per heavy atom. The van der Waals surface area contributed by atoms with Crippen LogP contribution in [0.5, 0.6) is 11.5 Å². The molecular formula is C24H23ClN4O4. The lowest BCUT2D eigenvalue weighted by molar-refractivity contribution is 0.0856. The van der Waals surface area contributed by atoms with E-state index in [1.165, 1.54) is 0 Å². The van der Waals surface area contributed by atoms with Gasteiger partial charge < -0.3 is 19.1 Å². The van der Waals surface area contributed by atoms with Gasteiger partial charge in [-0.2, -0.15) is 5.10 Å². The third-order valence-corrected chi connectivity index (χ3v) is 6.19. The molecule has 0 radical (unpaired) electrons. The minimum atomic E-state index is -0.588. The number of aliphatic hydroxyl groups is 1. The average molecular weight is 467 g/mol. The number of carbonyl (C=O) groups excluding carboxylic acids is 1. The Bertz CT molecular complexity index is 1340. The molecule has 0 aliphatic carbocycles. The van der Waals surface area contributed by atoms with Crippen molar-refractivity contribution < 1.29 is 19.4 Å². The fourth-order valence-corrected chi connectivity index (χ4v) is 4.49. The first kappa shape index (κ1) is 21.5. The highest BCUT2D eigenvalue weighted by Gasteiger charge is 2.30. The number of hydrogen-bond acceptors (Lipinski definition) is 6. The molecule has 8 nitrogen and oxygen atoms in total. The van der Waals surface area contributed by atoms with Crippen molar-refractivity contribution in [1.29, 1.82) is 0 Å². The third kappa shape index (κ3) is 3.96. The number of halogens is 1. The summed E-state index contributed by atoms with van der Waals surface area (Å²) in [5.74, 6) is 1.15. The number of aliphatic hydroxyl groups excluding tert-OH is 1. The Hall–Kier alpha value is -3.36. The highest BCUT2D eigenvalue weighted by atomic mass is 35.5. The minimum Gasteiger partial charge on any atom is -0.497 e. The van der Waals surface area contributed by atoms with Gasteiger partial charge in [-0.05, 0) is 43.2 Å². The number of hydrogen-bond donors (Lipinski definition) is 2. The summed E-state index contributed by atoms with van der Waals surface area (Å²) in [5.41, 5.74) is 3.60. The molecule has 3 aromatic heterocycles. The summed E-state index contributed by atoms with van der Waals surface area (Å²) in [6, 6.07) is 7.49. The first-order valence-corrected chi connectivity index (χ1v) is 11.0. The summed E-state index contributed by atoms with van der Waals surface area (Å²) in [6.07, 6.45) is 5.05. The number of Topliss-reactive ketones (excluding diaryl/α,β-unsaturated/α-hetero) is 1. The van der Waals surface area contributed by atoms with Gasteiger partial charge in [0.05, 0.1) is 48.7 Å². The third-order valence-electron chi connectivity index (χ3n) is 5.91. The molecule has 1 unspecified atom stereocenters. The van der Waals surface area contributed by atoms with E-state index in [1.54, 1.807) is 32.6 Å². The van der Waals surface area contributed by atoms with Gasteiger partial charge in [-0.1, -0.05) is 11.6 Å². The molecule has 1 aliphatic rings. The van der Waals surface area contributed by atoms with Crippen LogP contribution in [0.1, 0.15) is 22.8 Å². The second kappa shape index (κ2) is 8.53. The smallest absolute Gasteiger partial charge is 0.171 e. The largest absolute Gasteiger partial charge is 0.497 e. The Morgan fingerprint density at radius 2 is 2.24 bits per heavy atom. The van der Waals surface area contributed by atoms with Crippen molar-refractivity contribution in [3.63, 3.8) is 0 Å². The normalized spacial score (nSPS) is 16.3. The number of aromatic nitrogens is 4. The number of methoxy groups -OCH3 is 1. The van der Waals surface area contributed by atoms with Crippen molar-refractivity contribution >= 4 is 28.3 Å². The lowest BCUT2D eigenvalue weighted by Gasteiger charge is -2.24. The number of carbonyl (C=O) groups is 1. The van der Waals surface area contributed by atoms with E-state index in [0.29, 0.717) is 41.5 Å². The van der Waals surface area contributed by atoms with Gasteiger partial charge in [0.2, 0.25) is 0 Å². The van der Waals surface area contributed by atoms with Crippen molar-refractivity contribution in [1.82, 2.24) is 19.7 Å². The fourth-order valence-electron chi connectivity index (χ4n) is 4.30. The average Bonchev–Trinajstić information content (AvgIpc) is 3.40. The number of rotatable bonds is 6. The zero-order valence-electron chi connectivity index (χ0n) is 18.2. The summed E-state index contributed by atoms with van der Waals surface area (Å²) in [4.78, 5) is 18.1. The highest BCUT2D eigenvalue weighted by Crippen LogP contribution is 2.34. The monoisotopic (exact) mass is 466 g/mol. The van der Waals surface area contributed by atoms with Crippen molar-refractivity contribution in [3.05, 3.63) is 59.1 Å². The van der Waals surface area contributed by atoms with E-state index in [1.807, 2.05) is 28.8 Å². The van der Waals surface area contributed by atoms with Crippen LogP contribution in [0.4, 0.5) is 0 Å². The number of aromatic amines is 1. The maximum atomic E-state index is 13.6. The first-order valence-electron chi connectivity index (χ1n) is 10.6. The molecule has 5 rings (SSSR count). The Morgan fingerprint density at radius 1 is 1.39 bits per heavy atom. The number of nitrogens with one attached hydrogen (secondary N) is 1. The predicted octanol–water partition coefficient (Wildman–Crippen LogP) is 3.90. The molecule has 0 amide bonds. The fraction of sp³-hybridized carbons (Fsp3) is 0.292. The van der Waals surface area contributed by atoms with E-state index in [-0.39, 0.29) is 11.7 Å². The summed E-state index contributed by atoms with van der Waals surface area (Å²) < 4.78 is 13.1. The number of fused-ring (bicyclic) bond motifs is 2. The van der Waals surface area contributed by atoms with Crippen LogP contribution in [-0.4, -0.2) is 50.5 Å². The zero-order chi connectivity index (χ0) is 23.1. The molecule has 1 aromatic carbocycles. The molecule has 9 heteroatoms. The molecule has 170 valence electrons. The molecule has 0 spiro atoms. The van der Waals surface area contributed by atoms with Gasteiger partial charge in [0, 0.05) is 29.9 Å². The zero-order valence-corrected chi connectivity index (χ0v) is 19.0. The number of ether oxygens (including phenoxy) is 2. The maximum Gasteiger partial charge on any atom is 0.171 e. The standard InChI is InChI=1S/C24H23ClN4O4/c1-13(30)10-29-11-19(17-8-26-20(7-21(17)29)18-9-27-28-24(18)25)23(31)15-5-14-6-16(32-2)3-4-22(14)33-12-15/h3-4,6-9,11,13,15,30H,5,10,12H2,1-2H3,(H,27,28)/t13-,15?/m0/s1. The second-order valence-electron chi connectivity index (χ2n) is 8.28. The van der Waals surface area contributed by atoms with E-state index in [0.717, 1.165) is 28.0 Å². The van der Waals surface area contributed by atoms with Gasteiger partial charge in [0.25, 0.3) is 0 Å². The van der Waals surface area contributed by atoms with Gasteiger partial charge in [0.15, 0.2) is 5.78 Å². The van der Waals surface area contributed by atoms with Crippen LogP contribution in [-0.2, 0) is 13.0 Å². The lowest BCUT2D eigenvalue weighted by Crippen LogP contribution is -2.28. The molecule has 0 bridgehead atoms. The van der Waals surface area contributed by atoms with Crippen LogP contribution < -0.4 is 9.47 Å². The van der Waals surface area contributed by atoms with E-state index in [9.17, 15) is 9.90 Å². The number of ketones is 1. The van der Waals surface area contributed by atoms with Gasteiger partial charge in [-0.15, -0.1) is 0 Å². The Balaban J connectivity index is 1.53. The number of nitrogens with zero attached hydrogens (tertiary/aromatic N) is 3. The van der Waals surface area contributed by atoms with Gasteiger partial charge in [-0.25, -0.2) is 0 Å². The quantitative estimate of drug-likeness (QED) is 0.418. The van der Waals surface area contributed by atoms with Gasteiger partial charge in [-0.3, -0.25) is 14.9 Å². The summed E-state index contributed by atoms with van der Waals surface area (Å²) in [5, 5.41) is 17.8. The Kier molecular flexibility index (Phi) is 5.55. The molecule has 33 heavy (non-hydrogen) atoms. The predicted molar refractivity (Wildman–Crippen MR) is 124 cm³/mol. The van der Waals surface area contributed by atoms with Crippen LogP contribution >= 0.6 is 11.6 Å². The maximum absolute atomic E-state index is 13.6. The van der Waals surface area contributed by atoms with Crippen molar-refractivity contribution in [2.75, 3.05) is 13.7 Å². The summed E-state index contributed by atoms with van der Waals surface area (Å²) >= 11 is 6.19. The van der Waals surface area contributed by atoms with E-state index < -0.39 is 6.10 Å². The highest BCUT2D eigenvalue weighted by molar-refractivity contribution is 6.32. The van der Waals surface area contributed by atoms with Crippen LogP contribution in [0.25, 0.3) is 22.2 Å². The summed E-state index contributed by atoms with van der Waals surface area (Å²) in [6.45, 7) is 2.35. The molecule has 4 aromatic rings. The first-order chi connectivity index (χ1) is 15.9. The topological polar surface area (TPSA) is 102 Å². The van der Waals surface area contributed by atoms with E-state index in [4.69, 9.17) is 21.1 Å². The van der Waals surface area contributed by atoms with Crippen molar-refractivity contribution in [2.45, 2.75) is 26.0 Å². The second-order valence-corrected chi connectivity index (χ2v) is 8.66. The molecule has 0 saturated heterocycles. The summed E-state index contributed by atoms with van der Waals surface area (Å²) in [7, 11) is 1.61. The lowest BCUT2D eigenvalue weighted by atomic mass is 9.89. The van der Waals surface area contributed by atoms with E-state index in [2.05, 4.69) is 15.2 Å². The van der Waals surface area contributed by atoms with Crippen LogP contribution in [0, 0.1) is 5.92 Å². The van der Waals surface area contributed by atoms with Crippen molar-refractivity contribution in [3.8, 4) is 22.8 Å². The number of pyridine rings is 1. The SMILES string of the molecule is COc1ccc2c(c1)CC(C(=O)c1cn(C[C@H](C)O)c3cc(-c4cn[nH]c4Cl)ncc13)CO2. The number of benzene rings is 1. The van der Waals surface area contributed by atoms with Gasteiger partial charge in [0.1, 0.15) is 16.7 Å². The van der Waals surface area contributed by atoms with Crippen molar-refractivity contribution in [2.24, 2.45) is 5.92 Å². The van der Waals surface area contributed by atoms with E-state index >= 15 is 0 Å². The number of H-pyrrole nitrogens is 1. The van der Waals surface area contributed by atoms with Gasteiger partial charge >= 0.3 is 0 Å². The minimum absolute atomic E-state index is 0.0197. The van der Waals surface area contributed by atoms with Crippen LogP contribution in [0.15, 0.2) is 42.9 Å². The molecule has 0 saturated carbocycles. The molecule has 0 fully saturated rings.